The van der Waals surface area contributed by atoms with E-state index in [2.05, 4.69) is 40.3 Å². The summed E-state index contributed by atoms with van der Waals surface area (Å²) in [7, 11) is 2.06. The van der Waals surface area contributed by atoms with Crippen molar-refractivity contribution in [3.05, 3.63) is 16.4 Å². The van der Waals surface area contributed by atoms with Gasteiger partial charge >= 0.3 is 0 Å². The van der Waals surface area contributed by atoms with E-state index in [4.69, 9.17) is 0 Å². The average molecular weight is 314 g/mol. The molecule has 1 fully saturated rings. The number of hydrogen-bond donors (Lipinski definition) is 1. The Kier molecular flexibility index (Phi) is 5.25. The fourth-order valence-corrected chi connectivity index (χ4v) is 3.76. The molecule has 18 heavy (non-hydrogen) atoms. The maximum Gasteiger partial charge on any atom is 0.0635 e. The third-order valence-electron chi connectivity index (χ3n) is 4.03. The summed E-state index contributed by atoms with van der Waals surface area (Å²) in [4.78, 5) is 0. The normalized spacial score (nSPS) is 24.4. The van der Waals surface area contributed by atoms with Gasteiger partial charge < -0.3 is 5.32 Å². The van der Waals surface area contributed by atoms with E-state index < -0.39 is 0 Å². The quantitative estimate of drug-likeness (QED) is 0.844. The lowest BCUT2D eigenvalue weighted by Gasteiger charge is -2.32. The predicted octanol–water partition coefficient (Wildman–Crippen LogP) is 3.46. The fraction of sp³-hybridized carbons (Fsp3) is 0.786. The number of nitrogens with one attached hydrogen (secondary N) is 1. The molecule has 1 aliphatic carbocycles. The van der Waals surface area contributed by atoms with Gasteiger partial charge in [0.25, 0.3) is 0 Å². The monoisotopic (exact) mass is 313 g/mol. The lowest BCUT2D eigenvalue weighted by Crippen LogP contribution is -2.31. The highest BCUT2D eigenvalue weighted by atomic mass is 79.9. The van der Waals surface area contributed by atoms with Gasteiger partial charge in [0.05, 0.1) is 16.4 Å². The number of rotatable bonds is 5. The van der Waals surface area contributed by atoms with Gasteiger partial charge in [-0.05, 0) is 54.2 Å². The second-order valence-electron chi connectivity index (χ2n) is 5.36. The Bertz CT molecular complexity index is 356. The molecule has 1 aromatic rings. The zero-order valence-corrected chi connectivity index (χ0v) is 13.0. The molecule has 0 aromatic carbocycles. The highest BCUT2D eigenvalue weighted by Crippen LogP contribution is 2.39. The van der Waals surface area contributed by atoms with E-state index in [9.17, 15) is 0 Å². The van der Waals surface area contributed by atoms with Gasteiger partial charge in [0.15, 0.2) is 0 Å². The topological polar surface area (TPSA) is 29.9 Å². The molecule has 0 saturated heterocycles. The first-order valence-electron chi connectivity index (χ1n) is 7.12. The smallest absolute Gasteiger partial charge is 0.0635 e. The van der Waals surface area contributed by atoms with Crippen molar-refractivity contribution in [2.45, 2.75) is 44.9 Å². The number of nitrogens with zero attached hydrogens (tertiary/aromatic N) is 2. The summed E-state index contributed by atoms with van der Waals surface area (Å²) in [6.45, 7) is 4.51. The van der Waals surface area contributed by atoms with E-state index in [1.807, 2.05) is 10.9 Å². The van der Waals surface area contributed by atoms with Gasteiger partial charge in [0.2, 0.25) is 0 Å². The van der Waals surface area contributed by atoms with Crippen molar-refractivity contribution in [3.8, 4) is 0 Å². The SMILES string of the molecule is CCCNCC1CCCCC1c1c(Br)cnn1C. The van der Waals surface area contributed by atoms with E-state index in [0.717, 1.165) is 19.0 Å². The third-order valence-corrected chi connectivity index (χ3v) is 4.64. The molecule has 3 nitrogen and oxygen atoms in total. The van der Waals surface area contributed by atoms with Crippen LogP contribution in [0.1, 0.15) is 50.6 Å². The van der Waals surface area contributed by atoms with Gasteiger partial charge in [0.1, 0.15) is 0 Å². The Labute approximate surface area is 118 Å². The molecule has 1 N–H and O–H groups in total. The summed E-state index contributed by atoms with van der Waals surface area (Å²) in [6, 6.07) is 0. The molecule has 2 atom stereocenters. The van der Waals surface area contributed by atoms with Crippen molar-refractivity contribution in [2.75, 3.05) is 13.1 Å². The average Bonchev–Trinajstić information content (AvgIpc) is 2.70. The van der Waals surface area contributed by atoms with Crippen LogP contribution in [0.3, 0.4) is 0 Å². The first-order valence-corrected chi connectivity index (χ1v) is 7.91. The molecular formula is C14H24BrN3. The maximum atomic E-state index is 4.37. The van der Waals surface area contributed by atoms with Crippen LogP contribution in [0.5, 0.6) is 0 Å². The molecule has 4 heteroatoms. The summed E-state index contributed by atoms with van der Waals surface area (Å²) < 4.78 is 3.23. The minimum absolute atomic E-state index is 0.657. The third kappa shape index (κ3) is 3.15. The van der Waals surface area contributed by atoms with Crippen LogP contribution >= 0.6 is 15.9 Å². The van der Waals surface area contributed by atoms with E-state index in [-0.39, 0.29) is 0 Å². The molecule has 0 aliphatic heterocycles. The number of halogens is 1. The van der Waals surface area contributed by atoms with Crippen LogP contribution < -0.4 is 5.32 Å². The van der Waals surface area contributed by atoms with Gasteiger partial charge in [-0.1, -0.05) is 19.8 Å². The van der Waals surface area contributed by atoms with Crippen LogP contribution in [0.25, 0.3) is 0 Å². The second-order valence-corrected chi connectivity index (χ2v) is 6.21. The van der Waals surface area contributed by atoms with E-state index in [0.29, 0.717) is 5.92 Å². The van der Waals surface area contributed by atoms with Crippen LogP contribution in [0.4, 0.5) is 0 Å². The molecule has 102 valence electrons. The number of hydrogen-bond acceptors (Lipinski definition) is 2. The van der Waals surface area contributed by atoms with Crippen LogP contribution in [0, 0.1) is 5.92 Å². The summed E-state index contributed by atoms with van der Waals surface area (Å²) in [5, 5.41) is 7.96. The zero-order valence-electron chi connectivity index (χ0n) is 11.5. The lowest BCUT2D eigenvalue weighted by molar-refractivity contribution is 0.285. The zero-order chi connectivity index (χ0) is 13.0. The Morgan fingerprint density at radius 3 is 2.89 bits per heavy atom. The predicted molar refractivity (Wildman–Crippen MR) is 78.8 cm³/mol. The van der Waals surface area contributed by atoms with Gasteiger partial charge in [-0.15, -0.1) is 0 Å². The van der Waals surface area contributed by atoms with E-state index >= 15 is 0 Å². The minimum atomic E-state index is 0.657. The summed E-state index contributed by atoms with van der Waals surface area (Å²) in [5.74, 6) is 1.42. The molecule has 1 aliphatic rings. The van der Waals surface area contributed by atoms with Crippen molar-refractivity contribution >= 4 is 15.9 Å². The van der Waals surface area contributed by atoms with Crippen molar-refractivity contribution in [2.24, 2.45) is 13.0 Å². The van der Waals surface area contributed by atoms with E-state index in [1.54, 1.807) is 0 Å². The molecule has 0 spiro atoms. The molecule has 2 unspecified atom stereocenters. The fourth-order valence-electron chi connectivity index (χ4n) is 3.11. The van der Waals surface area contributed by atoms with Gasteiger partial charge in [0, 0.05) is 13.0 Å². The molecule has 0 radical (unpaired) electrons. The van der Waals surface area contributed by atoms with Crippen LogP contribution in [0.2, 0.25) is 0 Å². The molecule has 1 aromatic heterocycles. The molecule has 1 heterocycles. The van der Waals surface area contributed by atoms with Gasteiger partial charge in [-0.2, -0.15) is 5.10 Å². The van der Waals surface area contributed by atoms with E-state index in [1.165, 1.54) is 42.3 Å². The van der Waals surface area contributed by atoms with Crippen molar-refractivity contribution in [1.82, 2.24) is 15.1 Å². The standard InChI is InChI=1S/C14H24BrN3/c1-3-8-16-9-11-6-4-5-7-12(11)14-13(15)10-17-18(14)2/h10-12,16H,3-9H2,1-2H3. The molecule has 0 bridgehead atoms. The van der Waals surface area contributed by atoms with Crippen LogP contribution in [-0.4, -0.2) is 22.9 Å². The Balaban J connectivity index is 2.08. The number of aromatic nitrogens is 2. The first-order chi connectivity index (χ1) is 8.74. The molecule has 2 rings (SSSR count). The molecule has 0 amide bonds. The Morgan fingerprint density at radius 2 is 2.22 bits per heavy atom. The second kappa shape index (κ2) is 6.71. The van der Waals surface area contributed by atoms with Crippen LogP contribution in [0.15, 0.2) is 10.7 Å². The summed E-state index contributed by atoms with van der Waals surface area (Å²) in [6.07, 6.45) is 8.53. The largest absolute Gasteiger partial charge is 0.316 e. The van der Waals surface area contributed by atoms with Crippen molar-refractivity contribution in [3.63, 3.8) is 0 Å². The minimum Gasteiger partial charge on any atom is -0.316 e. The number of aryl methyl sites for hydroxylation is 1. The summed E-state index contributed by atoms with van der Waals surface area (Å²) in [5.41, 5.74) is 1.39. The highest BCUT2D eigenvalue weighted by molar-refractivity contribution is 9.10. The molecule has 1 saturated carbocycles. The first kappa shape index (κ1) is 14.1. The maximum absolute atomic E-state index is 4.37. The Morgan fingerprint density at radius 1 is 1.44 bits per heavy atom. The highest BCUT2D eigenvalue weighted by Gasteiger charge is 2.29. The van der Waals surface area contributed by atoms with Gasteiger partial charge in [-0.25, -0.2) is 0 Å². The molecular weight excluding hydrogens is 290 g/mol. The van der Waals surface area contributed by atoms with Crippen molar-refractivity contribution < 1.29 is 0 Å². The lowest BCUT2D eigenvalue weighted by atomic mass is 9.77. The van der Waals surface area contributed by atoms with Crippen LogP contribution in [-0.2, 0) is 7.05 Å². The Hall–Kier alpha value is -0.350. The van der Waals surface area contributed by atoms with Gasteiger partial charge in [-0.3, -0.25) is 4.68 Å². The van der Waals surface area contributed by atoms with Crippen molar-refractivity contribution in [1.29, 1.82) is 0 Å². The summed E-state index contributed by atoms with van der Waals surface area (Å²) >= 11 is 3.66.